The molecule has 1 aromatic heterocycles. The summed E-state index contributed by atoms with van der Waals surface area (Å²) in [6, 6.07) is 0. The summed E-state index contributed by atoms with van der Waals surface area (Å²) in [5.41, 5.74) is 2.90. The van der Waals surface area contributed by atoms with Gasteiger partial charge >= 0.3 is 0 Å². The van der Waals surface area contributed by atoms with E-state index in [1.54, 1.807) is 10.5 Å². The van der Waals surface area contributed by atoms with Crippen LogP contribution in [-0.4, -0.2) is 58.9 Å². The van der Waals surface area contributed by atoms with Gasteiger partial charge in [0.2, 0.25) is 6.41 Å². The van der Waals surface area contributed by atoms with Crippen LogP contribution in [0.4, 0.5) is 0 Å². The van der Waals surface area contributed by atoms with Gasteiger partial charge in [0, 0.05) is 19.6 Å². The predicted molar refractivity (Wildman–Crippen MR) is 140 cm³/mol. The fraction of sp³-hybridized carbons (Fsp3) is 0.500. The molecule has 0 radical (unpaired) electrons. The Morgan fingerprint density at radius 1 is 1.09 bits per heavy atom. The Hall–Kier alpha value is -2.42. The van der Waals surface area contributed by atoms with Crippen LogP contribution in [-0.2, 0) is 16.1 Å². The second kappa shape index (κ2) is 14.1. The van der Waals surface area contributed by atoms with Gasteiger partial charge in [-0.15, -0.1) is 10.2 Å². The summed E-state index contributed by atoms with van der Waals surface area (Å²) in [6.45, 7) is 11.0. The molecule has 0 aromatic carbocycles. The number of ether oxygens (including phenoxy) is 1. The van der Waals surface area contributed by atoms with Gasteiger partial charge < -0.3 is 15.0 Å². The van der Waals surface area contributed by atoms with Crippen LogP contribution in [0.15, 0.2) is 52.5 Å². The Morgan fingerprint density at radius 3 is 2.62 bits per heavy atom. The molecule has 2 aliphatic heterocycles. The lowest BCUT2D eigenvalue weighted by Crippen LogP contribution is -2.34. The van der Waals surface area contributed by atoms with Gasteiger partial charge in [0.25, 0.3) is 0 Å². The lowest BCUT2D eigenvalue weighted by molar-refractivity contribution is -0.121. The molecule has 3 heterocycles. The Balaban J connectivity index is 0.000000168. The number of nitrogens with one attached hydrogen (secondary N) is 1. The first-order valence-electron chi connectivity index (χ1n) is 12.0. The zero-order valence-corrected chi connectivity index (χ0v) is 21.4. The number of carbonyl (C=O) groups excluding carboxylic acids is 1. The summed E-state index contributed by atoms with van der Waals surface area (Å²) in [6.07, 6.45) is 18.6. The molecule has 1 aromatic rings. The van der Waals surface area contributed by atoms with Crippen molar-refractivity contribution in [3.63, 3.8) is 0 Å². The van der Waals surface area contributed by atoms with Crippen molar-refractivity contribution in [3.8, 4) is 0 Å². The van der Waals surface area contributed by atoms with E-state index < -0.39 is 0 Å². The maximum Gasteiger partial charge on any atom is 0.209 e. The quantitative estimate of drug-likeness (QED) is 0.634. The Morgan fingerprint density at radius 2 is 1.91 bits per heavy atom. The highest BCUT2D eigenvalue weighted by molar-refractivity contribution is 8.11. The van der Waals surface area contributed by atoms with Crippen molar-refractivity contribution >= 4 is 23.2 Å². The van der Waals surface area contributed by atoms with Gasteiger partial charge in [0.15, 0.2) is 5.82 Å². The smallest absolute Gasteiger partial charge is 0.209 e. The minimum Gasteiger partial charge on any atom is -0.378 e. The molecule has 1 fully saturated rings. The third-order valence-electron chi connectivity index (χ3n) is 5.85. The first-order valence-corrected chi connectivity index (χ1v) is 12.9. The molecular formula is C26H37N5O2S. The number of hydrogen-bond donors (Lipinski definition) is 1. The van der Waals surface area contributed by atoms with E-state index in [1.165, 1.54) is 34.8 Å². The molecule has 8 heteroatoms. The van der Waals surface area contributed by atoms with Gasteiger partial charge in [-0.05, 0) is 57.4 Å². The monoisotopic (exact) mass is 483 g/mol. The minimum atomic E-state index is 0.693. The van der Waals surface area contributed by atoms with Gasteiger partial charge in [-0.1, -0.05) is 53.3 Å². The summed E-state index contributed by atoms with van der Waals surface area (Å²) >= 11 is 1.89. The Labute approximate surface area is 207 Å². The van der Waals surface area contributed by atoms with Gasteiger partial charge in [-0.25, -0.2) is 0 Å². The van der Waals surface area contributed by atoms with Crippen LogP contribution in [0.1, 0.15) is 51.2 Å². The number of fused-ring (bicyclic) bond motifs is 1. The molecular weight excluding hydrogens is 446 g/mol. The molecule has 184 valence electrons. The Kier molecular flexibility index (Phi) is 10.9. The summed E-state index contributed by atoms with van der Waals surface area (Å²) in [5, 5.41) is 13.0. The summed E-state index contributed by atoms with van der Waals surface area (Å²) in [5.74, 6) is 1.99. The maximum absolute atomic E-state index is 10.0. The van der Waals surface area contributed by atoms with Crippen LogP contribution in [0.5, 0.6) is 0 Å². The minimum absolute atomic E-state index is 0.693. The zero-order chi connectivity index (χ0) is 24.2. The molecule has 4 aliphatic rings. The molecule has 1 amide bonds. The van der Waals surface area contributed by atoms with Crippen LogP contribution < -0.4 is 5.32 Å². The number of allylic oxidation sites excluding steroid dienone is 8. The normalized spacial score (nSPS) is 19.6. The van der Waals surface area contributed by atoms with E-state index in [2.05, 4.69) is 70.4 Å². The second-order valence-corrected chi connectivity index (χ2v) is 9.67. The predicted octanol–water partition coefficient (Wildman–Crippen LogP) is 4.60. The van der Waals surface area contributed by atoms with Crippen molar-refractivity contribution in [1.29, 1.82) is 0 Å². The topological polar surface area (TPSA) is 72.3 Å². The first-order chi connectivity index (χ1) is 16.6. The van der Waals surface area contributed by atoms with Crippen LogP contribution in [0.3, 0.4) is 0 Å². The molecule has 0 spiro atoms. The van der Waals surface area contributed by atoms with E-state index in [1.807, 2.05) is 18.7 Å². The maximum atomic E-state index is 10.0. The van der Waals surface area contributed by atoms with E-state index in [0.717, 1.165) is 50.7 Å². The molecule has 7 nitrogen and oxygen atoms in total. The largest absolute Gasteiger partial charge is 0.378 e. The number of amides is 1. The molecule has 2 aliphatic carbocycles. The van der Waals surface area contributed by atoms with Crippen molar-refractivity contribution < 1.29 is 9.53 Å². The van der Waals surface area contributed by atoms with Gasteiger partial charge in [0.05, 0.1) is 24.8 Å². The molecule has 0 atom stereocenters. The summed E-state index contributed by atoms with van der Waals surface area (Å²) in [4.78, 5) is 13.3. The van der Waals surface area contributed by atoms with Gasteiger partial charge in [-0.3, -0.25) is 9.36 Å². The summed E-state index contributed by atoms with van der Waals surface area (Å²) < 4.78 is 7.18. The fourth-order valence-corrected chi connectivity index (χ4v) is 5.10. The second-order valence-electron chi connectivity index (χ2n) is 8.56. The van der Waals surface area contributed by atoms with Crippen LogP contribution in [0.2, 0.25) is 0 Å². The van der Waals surface area contributed by atoms with E-state index in [-0.39, 0.29) is 0 Å². The van der Waals surface area contributed by atoms with Crippen LogP contribution >= 0.6 is 11.8 Å². The highest BCUT2D eigenvalue weighted by Crippen LogP contribution is 2.40. The number of thioether (sulfide) groups is 1. The molecule has 1 saturated heterocycles. The molecule has 0 bridgehead atoms. The van der Waals surface area contributed by atoms with Crippen LogP contribution in [0.25, 0.3) is 5.03 Å². The number of carbonyl (C=O) groups is 1. The average Bonchev–Trinajstić information content (AvgIpc) is 3.24. The van der Waals surface area contributed by atoms with Gasteiger partial charge in [-0.2, -0.15) is 0 Å². The molecule has 5 rings (SSSR count). The van der Waals surface area contributed by atoms with Crippen molar-refractivity contribution in [3.05, 3.63) is 64.2 Å². The number of aromatic nitrogens is 3. The average molecular weight is 484 g/mol. The van der Waals surface area contributed by atoms with E-state index in [4.69, 9.17) is 4.74 Å². The third-order valence-corrected chi connectivity index (χ3v) is 7.21. The van der Waals surface area contributed by atoms with Gasteiger partial charge in [0.1, 0.15) is 5.82 Å². The van der Waals surface area contributed by atoms with Crippen molar-refractivity contribution in [2.45, 2.75) is 53.0 Å². The zero-order valence-electron chi connectivity index (χ0n) is 20.6. The van der Waals surface area contributed by atoms with Crippen molar-refractivity contribution in [1.82, 2.24) is 25.0 Å². The third kappa shape index (κ3) is 8.11. The fourth-order valence-electron chi connectivity index (χ4n) is 3.83. The Bertz CT molecular complexity index is 965. The standard InChI is InChI=1S/C13H18N4S.C8H10.C5H9NO2/c1-9-4-3-5-11(9)18-13-6-7-14-8-12-16-15-10(2)17(12)13;1-8-6-4-2-3-5-7-8;7-5-6-1-3-8-4-2-6/h6,14H,3-5,7-8H2,1-2H3;2-4,6-7H,5H2,1H3;5H,1-4H2. The SMILES string of the molecule is CC1=C(SC2=CCNCc3nnc(C)n32)CCC1.CC1=CCC=CC=C1.O=CN1CCOCC1. The number of morpholine rings is 1. The highest BCUT2D eigenvalue weighted by atomic mass is 32.2. The van der Waals surface area contributed by atoms with Crippen molar-refractivity contribution in [2.24, 2.45) is 0 Å². The summed E-state index contributed by atoms with van der Waals surface area (Å²) in [7, 11) is 0. The number of rotatable bonds is 3. The van der Waals surface area contributed by atoms with E-state index >= 15 is 0 Å². The highest BCUT2D eigenvalue weighted by Gasteiger charge is 2.19. The molecule has 0 saturated carbocycles. The van der Waals surface area contributed by atoms with Crippen molar-refractivity contribution in [2.75, 3.05) is 32.8 Å². The number of aryl methyl sites for hydroxylation is 1. The number of nitrogens with zero attached hydrogens (tertiary/aromatic N) is 4. The van der Waals surface area contributed by atoms with E-state index in [0.29, 0.717) is 13.2 Å². The van der Waals surface area contributed by atoms with E-state index in [9.17, 15) is 4.79 Å². The van der Waals surface area contributed by atoms with Crippen LogP contribution in [0, 0.1) is 6.92 Å². The molecule has 0 unspecified atom stereocenters. The lowest BCUT2D eigenvalue weighted by atomic mass is 10.2. The molecule has 1 N–H and O–H groups in total. The lowest BCUT2D eigenvalue weighted by Gasteiger charge is -2.21. The molecule has 34 heavy (non-hydrogen) atoms. The first kappa shape index (κ1) is 26.2. The number of hydrogen-bond acceptors (Lipinski definition) is 6.